The maximum absolute atomic E-state index is 12.8. The fourth-order valence-corrected chi connectivity index (χ4v) is 3.46. The van der Waals surface area contributed by atoms with Gasteiger partial charge in [-0.1, -0.05) is 12.1 Å². The van der Waals surface area contributed by atoms with Gasteiger partial charge in [0.05, 0.1) is 6.54 Å². The summed E-state index contributed by atoms with van der Waals surface area (Å²) < 4.78 is 12.8. The molecule has 1 aromatic rings. The molecule has 1 saturated heterocycles. The van der Waals surface area contributed by atoms with Gasteiger partial charge in [-0.3, -0.25) is 4.79 Å². The van der Waals surface area contributed by atoms with Crippen LogP contribution < -0.4 is 5.73 Å². The third-order valence-corrected chi connectivity index (χ3v) is 4.66. The van der Waals surface area contributed by atoms with Gasteiger partial charge < -0.3 is 10.6 Å². The summed E-state index contributed by atoms with van der Waals surface area (Å²) in [5, 5.41) is 0.453. The second kappa shape index (κ2) is 6.91. The molecule has 5 heteroatoms. The molecule has 1 aliphatic heterocycles. The van der Waals surface area contributed by atoms with Crippen molar-refractivity contribution < 1.29 is 9.18 Å². The Hall–Kier alpha value is -1.07. The van der Waals surface area contributed by atoms with Crippen molar-refractivity contribution in [3.8, 4) is 0 Å². The van der Waals surface area contributed by atoms with Crippen molar-refractivity contribution in [2.45, 2.75) is 23.8 Å². The van der Waals surface area contributed by atoms with Gasteiger partial charge in [0.2, 0.25) is 5.91 Å². The molecule has 1 aromatic carbocycles. The topological polar surface area (TPSA) is 46.3 Å². The van der Waals surface area contributed by atoms with Crippen LogP contribution >= 0.6 is 11.8 Å². The Bertz CT molecular complexity index is 424. The number of hydrogen-bond acceptors (Lipinski definition) is 3. The second-order valence-corrected chi connectivity index (χ2v) is 6.03. The first-order chi connectivity index (χ1) is 9.19. The summed E-state index contributed by atoms with van der Waals surface area (Å²) in [5.41, 5.74) is 6.51. The lowest BCUT2D eigenvalue weighted by molar-refractivity contribution is -0.130. The minimum atomic E-state index is -0.203. The first kappa shape index (κ1) is 14.3. The highest BCUT2D eigenvalue weighted by Crippen LogP contribution is 2.25. The number of nitrogens with zero attached hydrogens (tertiary/aromatic N) is 1. The molecule has 3 nitrogen and oxygen atoms in total. The standard InChI is InChI=1S/C14H19FN2OS/c15-12-5-3-11(4-6-12)10-19-13-2-1-7-17(9-13)14(18)8-16/h3-6,13H,1-2,7-10,16H2. The summed E-state index contributed by atoms with van der Waals surface area (Å²) in [6.07, 6.45) is 2.16. The monoisotopic (exact) mass is 282 g/mol. The van der Waals surface area contributed by atoms with Crippen molar-refractivity contribution in [2.24, 2.45) is 5.73 Å². The van der Waals surface area contributed by atoms with Crippen molar-refractivity contribution in [2.75, 3.05) is 19.6 Å². The van der Waals surface area contributed by atoms with Crippen LogP contribution in [0.1, 0.15) is 18.4 Å². The summed E-state index contributed by atoms with van der Waals surface area (Å²) in [6, 6.07) is 6.60. The highest BCUT2D eigenvalue weighted by molar-refractivity contribution is 7.99. The number of nitrogens with two attached hydrogens (primary N) is 1. The van der Waals surface area contributed by atoms with Gasteiger partial charge in [-0.25, -0.2) is 4.39 Å². The number of rotatable bonds is 4. The van der Waals surface area contributed by atoms with Gasteiger partial charge in [0, 0.05) is 24.1 Å². The van der Waals surface area contributed by atoms with E-state index in [1.54, 1.807) is 0 Å². The number of piperidine rings is 1. The Kier molecular flexibility index (Phi) is 5.22. The number of carbonyl (C=O) groups is 1. The number of hydrogen-bond donors (Lipinski definition) is 1. The number of thioether (sulfide) groups is 1. The number of likely N-dealkylation sites (tertiary alicyclic amines) is 1. The van der Waals surface area contributed by atoms with Gasteiger partial charge in [0.1, 0.15) is 5.82 Å². The average Bonchev–Trinajstić information content (AvgIpc) is 2.46. The van der Waals surface area contributed by atoms with Crippen molar-refractivity contribution >= 4 is 17.7 Å². The van der Waals surface area contributed by atoms with Crippen LogP contribution in [-0.4, -0.2) is 35.7 Å². The molecule has 0 spiro atoms. The zero-order chi connectivity index (χ0) is 13.7. The van der Waals surface area contributed by atoms with E-state index in [0.29, 0.717) is 5.25 Å². The second-order valence-electron chi connectivity index (χ2n) is 4.75. The molecule has 1 aliphatic rings. The van der Waals surface area contributed by atoms with Crippen LogP contribution in [0, 0.1) is 5.82 Å². The lowest BCUT2D eigenvalue weighted by Crippen LogP contribution is -2.43. The number of benzene rings is 1. The zero-order valence-electron chi connectivity index (χ0n) is 10.8. The van der Waals surface area contributed by atoms with E-state index in [-0.39, 0.29) is 18.3 Å². The highest BCUT2D eigenvalue weighted by Gasteiger charge is 2.22. The minimum Gasteiger partial charge on any atom is -0.340 e. The van der Waals surface area contributed by atoms with Gasteiger partial charge in [0.25, 0.3) is 0 Å². The normalized spacial score (nSPS) is 19.5. The maximum atomic E-state index is 12.8. The van der Waals surface area contributed by atoms with Crippen LogP contribution in [0.25, 0.3) is 0 Å². The van der Waals surface area contributed by atoms with Gasteiger partial charge in [-0.15, -0.1) is 0 Å². The summed E-state index contributed by atoms with van der Waals surface area (Å²) in [4.78, 5) is 13.4. The molecule has 0 radical (unpaired) electrons. The van der Waals surface area contributed by atoms with E-state index in [1.807, 2.05) is 28.8 Å². The third kappa shape index (κ3) is 4.21. The lowest BCUT2D eigenvalue weighted by atomic mass is 10.1. The smallest absolute Gasteiger partial charge is 0.236 e. The van der Waals surface area contributed by atoms with E-state index in [9.17, 15) is 9.18 Å². The molecule has 2 N–H and O–H groups in total. The van der Waals surface area contributed by atoms with E-state index in [2.05, 4.69) is 0 Å². The SMILES string of the molecule is NCC(=O)N1CCCC(SCc2ccc(F)cc2)C1. The molecule has 1 atom stereocenters. The molecule has 0 aromatic heterocycles. The first-order valence-corrected chi connectivity index (χ1v) is 7.58. The largest absolute Gasteiger partial charge is 0.340 e. The molecule has 0 aliphatic carbocycles. The van der Waals surface area contributed by atoms with Crippen LogP contribution in [0.4, 0.5) is 4.39 Å². The van der Waals surface area contributed by atoms with Crippen LogP contribution in [0.5, 0.6) is 0 Å². The predicted molar refractivity (Wildman–Crippen MR) is 76.4 cm³/mol. The number of halogens is 1. The lowest BCUT2D eigenvalue weighted by Gasteiger charge is -2.32. The predicted octanol–water partition coefficient (Wildman–Crippen LogP) is 2.01. The van der Waals surface area contributed by atoms with Crippen LogP contribution in [0.3, 0.4) is 0 Å². The van der Waals surface area contributed by atoms with Gasteiger partial charge in [-0.2, -0.15) is 11.8 Å². The van der Waals surface area contributed by atoms with Crippen molar-refractivity contribution in [1.82, 2.24) is 4.90 Å². The molecular formula is C14H19FN2OS. The molecule has 1 fully saturated rings. The fraction of sp³-hybridized carbons (Fsp3) is 0.500. The van der Waals surface area contributed by atoms with Crippen LogP contribution in [0.2, 0.25) is 0 Å². The summed E-state index contributed by atoms with van der Waals surface area (Å²) >= 11 is 1.83. The maximum Gasteiger partial charge on any atom is 0.236 e. The van der Waals surface area contributed by atoms with Gasteiger partial charge in [-0.05, 0) is 30.5 Å². The Morgan fingerprint density at radius 3 is 2.84 bits per heavy atom. The Morgan fingerprint density at radius 1 is 1.42 bits per heavy atom. The summed E-state index contributed by atoms with van der Waals surface area (Å²) in [7, 11) is 0. The minimum absolute atomic E-state index is 0.0343. The number of carbonyl (C=O) groups excluding carboxylic acids is 1. The molecule has 19 heavy (non-hydrogen) atoms. The molecule has 0 saturated carbocycles. The summed E-state index contributed by atoms with van der Waals surface area (Å²) in [5.74, 6) is 0.688. The number of amides is 1. The Balaban J connectivity index is 1.82. The van der Waals surface area contributed by atoms with Crippen molar-refractivity contribution in [3.05, 3.63) is 35.6 Å². The van der Waals surface area contributed by atoms with E-state index in [1.165, 1.54) is 12.1 Å². The van der Waals surface area contributed by atoms with Gasteiger partial charge in [0.15, 0.2) is 0 Å². The third-order valence-electron chi connectivity index (χ3n) is 3.30. The molecule has 104 valence electrons. The van der Waals surface area contributed by atoms with Crippen LogP contribution in [-0.2, 0) is 10.5 Å². The van der Waals surface area contributed by atoms with E-state index < -0.39 is 0 Å². The van der Waals surface area contributed by atoms with Crippen LogP contribution in [0.15, 0.2) is 24.3 Å². The van der Waals surface area contributed by atoms with E-state index in [4.69, 9.17) is 5.73 Å². The fourth-order valence-electron chi connectivity index (χ4n) is 2.22. The Labute approximate surface area is 117 Å². The highest BCUT2D eigenvalue weighted by atomic mass is 32.2. The Morgan fingerprint density at radius 2 is 2.16 bits per heavy atom. The van der Waals surface area contributed by atoms with E-state index >= 15 is 0 Å². The molecule has 2 rings (SSSR count). The van der Waals surface area contributed by atoms with E-state index in [0.717, 1.165) is 37.2 Å². The molecule has 0 bridgehead atoms. The molecular weight excluding hydrogens is 263 g/mol. The van der Waals surface area contributed by atoms with Gasteiger partial charge >= 0.3 is 0 Å². The summed E-state index contributed by atoms with van der Waals surface area (Å²) in [6.45, 7) is 1.70. The quantitative estimate of drug-likeness (QED) is 0.919. The van der Waals surface area contributed by atoms with Crippen molar-refractivity contribution in [1.29, 1.82) is 0 Å². The molecule has 1 amide bonds. The van der Waals surface area contributed by atoms with Crippen molar-refractivity contribution in [3.63, 3.8) is 0 Å². The first-order valence-electron chi connectivity index (χ1n) is 6.53. The average molecular weight is 282 g/mol. The molecule has 1 unspecified atom stereocenters. The zero-order valence-corrected chi connectivity index (χ0v) is 11.7. The molecule has 1 heterocycles.